The van der Waals surface area contributed by atoms with Crippen LogP contribution in [0, 0.1) is 13.8 Å². The molecular weight excluding hydrogens is 446 g/mol. The molecule has 0 aliphatic carbocycles. The van der Waals surface area contributed by atoms with Gasteiger partial charge in [0.2, 0.25) is 5.95 Å². The standard InChI is InChI=1S/C24H26ClN3O3S/c1-14(2)31-13-18-10-6-8-15(3)20(18)21-16(4)22(25)27-24(26-21)28-32-19-11-7-9-17(12-19)23(29)30-5/h6-12,14H,13H2,1-5H3,(H,26,27,28). The van der Waals surface area contributed by atoms with E-state index in [1.165, 1.54) is 19.1 Å². The molecule has 1 N–H and O–H groups in total. The molecule has 0 fully saturated rings. The average molecular weight is 472 g/mol. The number of aromatic nitrogens is 2. The van der Waals surface area contributed by atoms with Crippen molar-refractivity contribution in [1.29, 1.82) is 0 Å². The van der Waals surface area contributed by atoms with Gasteiger partial charge in [0.1, 0.15) is 5.15 Å². The molecule has 0 saturated heterocycles. The van der Waals surface area contributed by atoms with Gasteiger partial charge in [-0.15, -0.1) is 0 Å². The molecule has 0 amide bonds. The Morgan fingerprint density at radius 1 is 1.16 bits per heavy atom. The first-order valence-corrected chi connectivity index (χ1v) is 11.4. The van der Waals surface area contributed by atoms with Crippen LogP contribution in [0.5, 0.6) is 0 Å². The summed E-state index contributed by atoms with van der Waals surface area (Å²) in [6.07, 6.45) is 0.118. The van der Waals surface area contributed by atoms with Gasteiger partial charge in [0.15, 0.2) is 0 Å². The highest BCUT2D eigenvalue weighted by molar-refractivity contribution is 8.00. The lowest BCUT2D eigenvalue weighted by Crippen LogP contribution is -2.06. The number of hydrogen-bond donors (Lipinski definition) is 1. The van der Waals surface area contributed by atoms with Crippen LogP contribution in [0.15, 0.2) is 47.4 Å². The number of nitrogens with one attached hydrogen (secondary N) is 1. The number of anilines is 1. The van der Waals surface area contributed by atoms with Gasteiger partial charge in [-0.1, -0.05) is 35.9 Å². The van der Waals surface area contributed by atoms with Crippen molar-refractivity contribution in [3.05, 3.63) is 69.9 Å². The summed E-state index contributed by atoms with van der Waals surface area (Å²) in [5, 5.41) is 0.375. The Labute approximate surface area is 197 Å². The molecule has 32 heavy (non-hydrogen) atoms. The minimum Gasteiger partial charge on any atom is -0.465 e. The first-order chi connectivity index (χ1) is 15.3. The zero-order chi connectivity index (χ0) is 23.3. The summed E-state index contributed by atoms with van der Waals surface area (Å²) in [5.74, 6) is -0.0110. The topological polar surface area (TPSA) is 73.3 Å². The molecule has 0 radical (unpaired) electrons. The van der Waals surface area contributed by atoms with Crippen LogP contribution in [0.4, 0.5) is 5.95 Å². The summed E-state index contributed by atoms with van der Waals surface area (Å²) < 4.78 is 13.8. The number of carbonyl (C=O) groups is 1. The quantitative estimate of drug-likeness (QED) is 0.236. The summed E-state index contributed by atoms with van der Waals surface area (Å²) >= 11 is 7.77. The Kier molecular flexibility index (Phi) is 8.12. The van der Waals surface area contributed by atoms with Gasteiger partial charge in [-0.2, -0.15) is 0 Å². The molecule has 0 aliphatic heterocycles. The Morgan fingerprint density at radius 3 is 2.62 bits per heavy atom. The average Bonchev–Trinajstić information content (AvgIpc) is 2.78. The number of nitrogens with zero attached hydrogens (tertiary/aromatic N) is 2. The van der Waals surface area contributed by atoms with Crippen molar-refractivity contribution in [1.82, 2.24) is 9.97 Å². The molecule has 1 aromatic heterocycles. The maximum absolute atomic E-state index is 11.8. The van der Waals surface area contributed by atoms with E-state index in [1.807, 2.05) is 52.0 Å². The van der Waals surface area contributed by atoms with E-state index < -0.39 is 0 Å². The van der Waals surface area contributed by atoms with Crippen molar-refractivity contribution >= 4 is 35.5 Å². The third-order valence-corrected chi connectivity index (χ3v) is 5.91. The second kappa shape index (κ2) is 10.8. The Morgan fingerprint density at radius 2 is 1.91 bits per heavy atom. The van der Waals surface area contributed by atoms with Crippen molar-refractivity contribution in [2.24, 2.45) is 0 Å². The molecule has 3 aromatic rings. The molecule has 2 aromatic carbocycles. The maximum Gasteiger partial charge on any atom is 0.337 e. The largest absolute Gasteiger partial charge is 0.465 e. The number of hydrogen-bond acceptors (Lipinski definition) is 7. The van der Waals surface area contributed by atoms with Gasteiger partial charge in [0, 0.05) is 16.0 Å². The number of rotatable bonds is 8. The number of esters is 1. The molecule has 8 heteroatoms. The SMILES string of the molecule is COC(=O)c1cccc(SNc2nc(Cl)c(C)c(-c3c(C)cccc3COC(C)C)n2)c1. The predicted molar refractivity (Wildman–Crippen MR) is 129 cm³/mol. The van der Waals surface area contributed by atoms with Crippen LogP contribution in [0.1, 0.15) is 40.9 Å². The minimum atomic E-state index is -0.389. The molecule has 0 atom stereocenters. The predicted octanol–water partition coefficient (Wildman–Crippen LogP) is 6.24. The van der Waals surface area contributed by atoms with E-state index in [9.17, 15) is 4.79 Å². The summed E-state index contributed by atoms with van der Waals surface area (Å²) in [6.45, 7) is 8.46. The summed E-state index contributed by atoms with van der Waals surface area (Å²) in [6, 6.07) is 13.2. The van der Waals surface area contributed by atoms with Crippen LogP contribution in [0.3, 0.4) is 0 Å². The van der Waals surface area contributed by atoms with Crippen LogP contribution in [-0.2, 0) is 16.1 Å². The molecule has 6 nitrogen and oxygen atoms in total. The van der Waals surface area contributed by atoms with Gasteiger partial charge < -0.3 is 9.47 Å². The Hall–Kier alpha value is -2.61. The molecule has 0 saturated carbocycles. The normalized spacial score (nSPS) is 11.0. The molecule has 3 rings (SSSR count). The Bertz CT molecular complexity index is 1120. The molecule has 0 unspecified atom stereocenters. The van der Waals surface area contributed by atoms with Gasteiger partial charge in [0.25, 0.3) is 0 Å². The van der Waals surface area contributed by atoms with Crippen molar-refractivity contribution in [2.45, 2.75) is 45.3 Å². The van der Waals surface area contributed by atoms with E-state index in [4.69, 9.17) is 26.1 Å². The maximum atomic E-state index is 11.8. The van der Waals surface area contributed by atoms with Gasteiger partial charge >= 0.3 is 5.97 Å². The van der Waals surface area contributed by atoms with E-state index in [0.29, 0.717) is 23.3 Å². The summed E-state index contributed by atoms with van der Waals surface area (Å²) in [4.78, 5) is 21.7. The second-order valence-corrected chi connectivity index (χ2v) is 8.74. The number of benzene rings is 2. The number of ether oxygens (including phenoxy) is 2. The van der Waals surface area contributed by atoms with Gasteiger partial charge in [-0.05, 0) is 69.0 Å². The van der Waals surface area contributed by atoms with E-state index in [0.717, 1.165) is 32.8 Å². The van der Waals surface area contributed by atoms with E-state index in [1.54, 1.807) is 18.2 Å². The lowest BCUT2D eigenvalue weighted by atomic mass is 9.97. The lowest BCUT2D eigenvalue weighted by molar-refractivity contribution is 0.0600. The molecule has 0 bridgehead atoms. The van der Waals surface area contributed by atoms with Gasteiger partial charge in [-0.25, -0.2) is 14.8 Å². The third-order valence-electron chi connectivity index (χ3n) is 4.77. The van der Waals surface area contributed by atoms with Gasteiger partial charge in [-0.3, -0.25) is 4.72 Å². The monoisotopic (exact) mass is 471 g/mol. The second-order valence-electron chi connectivity index (χ2n) is 7.50. The van der Waals surface area contributed by atoms with Crippen LogP contribution >= 0.6 is 23.5 Å². The zero-order valence-electron chi connectivity index (χ0n) is 18.7. The van der Waals surface area contributed by atoms with Crippen LogP contribution in [0.2, 0.25) is 5.15 Å². The molecule has 0 aliphatic rings. The molecular formula is C24H26ClN3O3S. The smallest absolute Gasteiger partial charge is 0.337 e. The van der Waals surface area contributed by atoms with Crippen molar-refractivity contribution in [2.75, 3.05) is 11.8 Å². The van der Waals surface area contributed by atoms with Crippen molar-refractivity contribution in [3.63, 3.8) is 0 Å². The Balaban J connectivity index is 1.92. The van der Waals surface area contributed by atoms with Crippen molar-refractivity contribution in [3.8, 4) is 11.3 Å². The van der Waals surface area contributed by atoms with Crippen LogP contribution in [0.25, 0.3) is 11.3 Å². The fourth-order valence-electron chi connectivity index (χ4n) is 3.13. The third kappa shape index (κ3) is 5.79. The molecule has 1 heterocycles. The van der Waals surface area contributed by atoms with E-state index in [2.05, 4.69) is 9.71 Å². The van der Waals surface area contributed by atoms with E-state index in [-0.39, 0.29) is 12.1 Å². The lowest BCUT2D eigenvalue weighted by Gasteiger charge is -2.17. The summed E-state index contributed by atoms with van der Waals surface area (Å²) in [5.41, 5.74) is 5.15. The fourth-order valence-corrected chi connectivity index (χ4v) is 3.93. The fraction of sp³-hybridized carbons (Fsp3) is 0.292. The highest BCUT2D eigenvalue weighted by atomic mass is 35.5. The molecule has 0 spiro atoms. The minimum absolute atomic E-state index is 0.118. The number of halogens is 1. The zero-order valence-corrected chi connectivity index (χ0v) is 20.3. The number of carbonyl (C=O) groups excluding carboxylic acids is 1. The number of aryl methyl sites for hydroxylation is 1. The van der Waals surface area contributed by atoms with E-state index >= 15 is 0 Å². The highest BCUT2D eigenvalue weighted by Gasteiger charge is 2.17. The van der Waals surface area contributed by atoms with Crippen LogP contribution in [-0.4, -0.2) is 29.2 Å². The summed E-state index contributed by atoms with van der Waals surface area (Å²) in [7, 11) is 1.36. The van der Waals surface area contributed by atoms with Crippen molar-refractivity contribution < 1.29 is 14.3 Å². The molecule has 168 valence electrons. The number of methoxy groups -OCH3 is 1. The first-order valence-electron chi connectivity index (χ1n) is 10.2. The van der Waals surface area contributed by atoms with Gasteiger partial charge in [0.05, 0.1) is 31.1 Å². The highest BCUT2D eigenvalue weighted by Crippen LogP contribution is 2.33. The first kappa shape index (κ1) is 24.0. The van der Waals surface area contributed by atoms with Crippen LogP contribution < -0.4 is 4.72 Å².